The second kappa shape index (κ2) is 8.98. The van der Waals surface area contributed by atoms with Gasteiger partial charge in [0.2, 0.25) is 5.91 Å². The number of carbonyl (C=O) groups is 1. The summed E-state index contributed by atoms with van der Waals surface area (Å²) >= 11 is 0. The van der Waals surface area contributed by atoms with E-state index in [2.05, 4.69) is 26.1 Å². The van der Waals surface area contributed by atoms with Gasteiger partial charge in [-0.05, 0) is 34.8 Å². The fourth-order valence-electron chi connectivity index (χ4n) is 2.37. The highest BCUT2D eigenvalue weighted by Gasteiger charge is 2.12. The van der Waals surface area contributed by atoms with Crippen molar-refractivity contribution in [2.24, 2.45) is 0 Å². The minimum Gasteiger partial charge on any atom is -0.492 e. The molecule has 0 aliphatic carbocycles. The van der Waals surface area contributed by atoms with Gasteiger partial charge >= 0.3 is 0 Å². The lowest BCUT2D eigenvalue weighted by Crippen LogP contribution is -2.26. The molecule has 1 N–H and O–H groups in total. The van der Waals surface area contributed by atoms with Crippen molar-refractivity contribution >= 4 is 17.7 Å². The van der Waals surface area contributed by atoms with E-state index in [0.717, 1.165) is 5.75 Å². The number of amides is 1. The maximum Gasteiger partial charge on any atom is 0.270 e. The van der Waals surface area contributed by atoms with Crippen molar-refractivity contribution < 1.29 is 14.5 Å². The van der Waals surface area contributed by atoms with Crippen LogP contribution in [0.2, 0.25) is 0 Å². The van der Waals surface area contributed by atoms with Gasteiger partial charge in [0.15, 0.2) is 0 Å². The molecule has 142 valence electrons. The number of hydrogen-bond donors (Lipinski definition) is 1. The zero-order chi connectivity index (χ0) is 19.9. The summed E-state index contributed by atoms with van der Waals surface area (Å²) in [5, 5.41) is 13.5. The molecule has 6 nitrogen and oxygen atoms in total. The number of nitrogens with zero attached hydrogens (tertiary/aromatic N) is 1. The summed E-state index contributed by atoms with van der Waals surface area (Å²) in [6.07, 6.45) is 2.88. The SMILES string of the molecule is CC(C)(C)c1ccc(OCCNC(=O)/C=C/c2cccc([N+](=O)[O-])c2)cc1. The topological polar surface area (TPSA) is 81.5 Å². The van der Waals surface area contributed by atoms with Gasteiger partial charge in [-0.25, -0.2) is 0 Å². The average Bonchev–Trinajstić information content (AvgIpc) is 2.63. The number of ether oxygens (including phenoxy) is 1. The Labute approximate surface area is 159 Å². The van der Waals surface area contributed by atoms with Gasteiger partial charge in [0.05, 0.1) is 11.5 Å². The van der Waals surface area contributed by atoms with Crippen LogP contribution in [0.5, 0.6) is 5.75 Å². The van der Waals surface area contributed by atoms with Crippen molar-refractivity contribution in [2.75, 3.05) is 13.2 Å². The number of nitrogens with one attached hydrogen (secondary N) is 1. The van der Waals surface area contributed by atoms with Gasteiger partial charge in [0.25, 0.3) is 5.69 Å². The number of benzene rings is 2. The third-order valence-electron chi connectivity index (χ3n) is 3.90. The second-order valence-corrected chi connectivity index (χ2v) is 7.10. The van der Waals surface area contributed by atoms with E-state index in [1.165, 1.54) is 29.8 Å². The van der Waals surface area contributed by atoms with Crippen LogP contribution in [0.3, 0.4) is 0 Å². The lowest BCUT2D eigenvalue weighted by atomic mass is 9.87. The quantitative estimate of drug-likeness (QED) is 0.345. The Balaban J connectivity index is 1.76. The first-order valence-corrected chi connectivity index (χ1v) is 8.69. The molecular formula is C21H24N2O4. The molecule has 27 heavy (non-hydrogen) atoms. The molecule has 0 saturated heterocycles. The number of carbonyl (C=O) groups excluding carboxylic acids is 1. The molecule has 0 saturated carbocycles. The highest BCUT2D eigenvalue weighted by atomic mass is 16.6. The van der Waals surface area contributed by atoms with Gasteiger partial charge < -0.3 is 10.1 Å². The third kappa shape index (κ3) is 6.58. The largest absolute Gasteiger partial charge is 0.492 e. The summed E-state index contributed by atoms with van der Waals surface area (Å²) < 4.78 is 5.62. The van der Waals surface area contributed by atoms with Crippen LogP contribution in [0.1, 0.15) is 31.9 Å². The molecule has 0 heterocycles. The van der Waals surface area contributed by atoms with Crippen molar-refractivity contribution in [3.8, 4) is 5.75 Å². The van der Waals surface area contributed by atoms with Gasteiger partial charge in [-0.1, -0.05) is 45.0 Å². The molecule has 0 spiro atoms. The molecule has 0 aliphatic rings. The standard InChI is InChI=1S/C21H24N2O4/c1-21(2,3)17-8-10-19(11-9-17)27-14-13-22-20(24)12-7-16-5-4-6-18(15-16)23(25)26/h4-12,15H,13-14H2,1-3H3,(H,22,24)/b12-7+. The number of nitro groups is 1. The van der Waals surface area contributed by atoms with Crippen LogP contribution in [-0.2, 0) is 10.2 Å². The first-order valence-electron chi connectivity index (χ1n) is 8.69. The Bertz CT molecular complexity index is 821. The zero-order valence-corrected chi connectivity index (χ0v) is 15.8. The van der Waals surface area contributed by atoms with E-state index in [9.17, 15) is 14.9 Å². The number of nitro benzene ring substituents is 1. The van der Waals surface area contributed by atoms with Crippen molar-refractivity contribution in [1.29, 1.82) is 0 Å². The maximum absolute atomic E-state index is 11.8. The van der Waals surface area contributed by atoms with Crippen LogP contribution in [-0.4, -0.2) is 24.0 Å². The van der Waals surface area contributed by atoms with E-state index in [-0.39, 0.29) is 17.0 Å². The van der Waals surface area contributed by atoms with Crippen molar-refractivity contribution in [2.45, 2.75) is 26.2 Å². The minimum absolute atomic E-state index is 0.0107. The molecule has 2 aromatic rings. The molecule has 0 aliphatic heterocycles. The normalized spacial score (nSPS) is 11.4. The first kappa shape index (κ1) is 20.2. The molecule has 0 fully saturated rings. The van der Waals surface area contributed by atoms with Crippen LogP contribution in [0, 0.1) is 10.1 Å². The average molecular weight is 368 g/mol. The summed E-state index contributed by atoms with van der Waals surface area (Å²) in [6.45, 7) is 7.17. The van der Waals surface area contributed by atoms with E-state index >= 15 is 0 Å². The summed E-state index contributed by atoms with van der Waals surface area (Å²) in [7, 11) is 0. The molecule has 6 heteroatoms. The highest BCUT2D eigenvalue weighted by molar-refractivity contribution is 5.91. The van der Waals surface area contributed by atoms with Gasteiger partial charge in [0.1, 0.15) is 12.4 Å². The van der Waals surface area contributed by atoms with Gasteiger partial charge in [0, 0.05) is 18.2 Å². The van der Waals surface area contributed by atoms with Crippen molar-refractivity contribution in [1.82, 2.24) is 5.32 Å². The molecular weight excluding hydrogens is 344 g/mol. The number of rotatable bonds is 7. The van der Waals surface area contributed by atoms with Gasteiger partial charge in [-0.3, -0.25) is 14.9 Å². The summed E-state index contributed by atoms with van der Waals surface area (Å²) in [5.74, 6) is 0.470. The molecule has 0 bridgehead atoms. The van der Waals surface area contributed by atoms with E-state index in [4.69, 9.17) is 4.74 Å². The Morgan fingerprint density at radius 1 is 1.19 bits per heavy atom. The smallest absolute Gasteiger partial charge is 0.270 e. The number of non-ortho nitro benzene ring substituents is 1. The maximum atomic E-state index is 11.8. The van der Waals surface area contributed by atoms with Crippen molar-refractivity contribution in [3.63, 3.8) is 0 Å². The summed E-state index contributed by atoms with van der Waals surface area (Å²) in [5.41, 5.74) is 1.91. The Morgan fingerprint density at radius 3 is 2.52 bits per heavy atom. The second-order valence-electron chi connectivity index (χ2n) is 7.10. The highest BCUT2D eigenvalue weighted by Crippen LogP contribution is 2.24. The van der Waals surface area contributed by atoms with Crippen LogP contribution in [0.15, 0.2) is 54.6 Å². The molecule has 0 radical (unpaired) electrons. The van der Waals surface area contributed by atoms with Crippen LogP contribution in [0.25, 0.3) is 6.08 Å². The molecule has 2 aromatic carbocycles. The monoisotopic (exact) mass is 368 g/mol. The van der Waals surface area contributed by atoms with Crippen molar-refractivity contribution in [3.05, 3.63) is 75.8 Å². The van der Waals surface area contributed by atoms with E-state index < -0.39 is 4.92 Å². The third-order valence-corrected chi connectivity index (χ3v) is 3.90. The molecule has 0 unspecified atom stereocenters. The van der Waals surface area contributed by atoms with Gasteiger partial charge in [-0.2, -0.15) is 0 Å². The fourth-order valence-corrected chi connectivity index (χ4v) is 2.37. The minimum atomic E-state index is -0.469. The van der Waals surface area contributed by atoms with E-state index in [1.54, 1.807) is 12.1 Å². The Morgan fingerprint density at radius 2 is 1.89 bits per heavy atom. The molecule has 0 aromatic heterocycles. The van der Waals surface area contributed by atoms with Gasteiger partial charge in [-0.15, -0.1) is 0 Å². The lowest BCUT2D eigenvalue weighted by Gasteiger charge is -2.19. The zero-order valence-electron chi connectivity index (χ0n) is 15.8. The predicted octanol–water partition coefficient (Wildman–Crippen LogP) is 4.10. The molecule has 1 amide bonds. The fraction of sp³-hybridized carbons (Fsp3) is 0.286. The molecule has 2 rings (SSSR count). The lowest BCUT2D eigenvalue weighted by molar-refractivity contribution is -0.384. The Hall–Kier alpha value is -3.15. The predicted molar refractivity (Wildman–Crippen MR) is 106 cm³/mol. The summed E-state index contributed by atoms with van der Waals surface area (Å²) in [4.78, 5) is 22.1. The van der Waals surface area contributed by atoms with E-state index in [1.807, 2.05) is 24.3 Å². The van der Waals surface area contributed by atoms with Crippen LogP contribution < -0.4 is 10.1 Å². The summed E-state index contributed by atoms with van der Waals surface area (Å²) in [6, 6.07) is 14.0. The van der Waals surface area contributed by atoms with Crippen LogP contribution >= 0.6 is 0 Å². The van der Waals surface area contributed by atoms with E-state index in [0.29, 0.717) is 18.7 Å². The number of hydrogen-bond acceptors (Lipinski definition) is 4. The Kier molecular flexibility index (Phi) is 6.71. The molecule has 0 atom stereocenters. The van der Waals surface area contributed by atoms with Crippen LogP contribution in [0.4, 0.5) is 5.69 Å². The first-order chi connectivity index (χ1) is 12.8.